The van der Waals surface area contributed by atoms with Gasteiger partial charge in [-0.2, -0.15) is 0 Å². The standard InChI is InChI=1S/C15H17BrN4O3S2/c1-15(13-17-11(16)8-24-13)9-25(22,23)20(2)14(19-15)18-12(21)10-6-4-3-5-7-10/h3-8,22-23H,9H2,1-2H3,(H,18,19,21)/t15-/m0/s1. The summed E-state index contributed by atoms with van der Waals surface area (Å²) in [6, 6.07) is 8.68. The quantitative estimate of drug-likeness (QED) is 0.657. The van der Waals surface area contributed by atoms with Gasteiger partial charge in [-0.15, -0.1) is 22.1 Å². The zero-order chi connectivity index (χ0) is 18.2. The zero-order valence-corrected chi connectivity index (χ0v) is 16.7. The minimum absolute atomic E-state index is 0.00115. The zero-order valence-electron chi connectivity index (χ0n) is 13.5. The third-order valence-corrected chi connectivity index (χ3v) is 7.57. The molecule has 1 atom stereocenters. The molecule has 7 nitrogen and oxygen atoms in total. The summed E-state index contributed by atoms with van der Waals surface area (Å²) < 4.78 is 22.9. The van der Waals surface area contributed by atoms with Crippen molar-refractivity contribution in [2.75, 3.05) is 12.8 Å². The molecule has 25 heavy (non-hydrogen) atoms. The van der Waals surface area contributed by atoms with Gasteiger partial charge in [0, 0.05) is 18.0 Å². The molecule has 1 aromatic heterocycles. The smallest absolute Gasteiger partial charge is 0.257 e. The summed E-state index contributed by atoms with van der Waals surface area (Å²) in [5, 5.41) is 5.12. The molecule has 0 saturated heterocycles. The molecule has 10 heteroatoms. The SMILES string of the molecule is CN1C(NC(=O)c2ccccc2)=N[C@](C)(c2nc(Br)cs2)CS1(O)O. The van der Waals surface area contributed by atoms with Crippen LogP contribution >= 0.6 is 38.0 Å². The summed E-state index contributed by atoms with van der Waals surface area (Å²) in [4.78, 5) is 21.4. The number of hydrogen-bond acceptors (Lipinski definition) is 7. The predicted octanol–water partition coefficient (Wildman–Crippen LogP) is 3.52. The monoisotopic (exact) mass is 444 g/mol. The van der Waals surface area contributed by atoms with E-state index in [2.05, 4.69) is 31.2 Å². The lowest BCUT2D eigenvalue weighted by Gasteiger charge is -2.49. The Labute approximate surface area is 159 Å². The number of nitrogens with zero attached hydrogens (tertiary/aromatic N) is 3. The first-order valence-corrected chi connectivity index (χ1v) is 10.6. The number of carbonyl (C=O) groups is 1. The maximum absolute atomic E-state index is 12.4. The first-order valence-electron chi connectivity index (χ1n) is 7.29. The fourth-order valence-corrected chi connectivity index (χ4v) is 5.39. The molecule has 2 aromatic rings. The Bertz CT molecular complexity index is 827. The van der Waals surface area contributed by atoms with Crippen LogP contribution in [0, 0.1) is 0 Å². The number of carbonyl (C=O) groups excluding carboxylic acids is 1. The summed E-state index contributed by atoms with van der Waals surface area (Å²) in [7, 11) is -1.65. The van der Waals surface area contributed by atoms with Crippen LogP contribution in [0.3, 0.4) is 0 Å². The number of aliphatic imine (C=N–C) groups is 1. The molecule has 0 aliphatic carbocycles. The van der Waals surface area contributed by atoms with Crippen LogP contribution in [-0.4, -0.2) is 43.1 Å². The van der Waals surface area contributed by atoms with Gasteiger partial charge >= 0.3 is 0 Å². The number of amides is 1. The number of nitrogens with one attached hydrogen (secondary N) is 1. The fraction of sp³-hybridized carbons (Fsp3) is 0.267. The van der Waals surface area contributed by atoms with Crippen molar-refractivity contribution in [1.82, 2.24) is 14.6 Å². The summed E-state index contributed by atoms with van der Waals surface area (Å²) in [6.07, 6.45) is 0. The Hall–Kier alpha value is -1.46. The van der Waals surface area contributed by atoms with Crippen molar-refractivity contribution in [2.24, 2.45) is 4.99 Å². The van der Waals surface area contributed by atoms with Crippen molar-refractivity contribution >= 4 is 49.9 Å². The molecule has 134 valence electrons. The molecule has 1 aliphatic heterocycles. The molecule has 0 unspecified atom stereocenters. The number of benzene rings is 1. The van der Waals surface area contributed by atoms with E-state index in [1.807, 2.05) is 11.4 Å². The Kier molecular flexibility index (Phi) is 4.91. The molecule has 0 fully saturated rings. The lowest BCUT2D eigenvalue weighted by molar-refractivity contribution is 0.0974. The van der Waals surface area contributed by atoms with Gasteiger partial charge in [-0.3, -0.25) is 19.2 Å². The second kappa shape index (κ2) is 6.69. The van der Waals surface area contributed by atoms with Crippen molar-refractivity contribution in [1.29, 1.82) is 0 Å². The van der Waals surface area contributed by atoms with E-state index < -0.39 is 16.3 Å². The van der Waals surface area contributed by atoms with Crippen molar-refractivity contribution in [2.45, 2.75) is 12.5 Å². The summed E-state index contributed by atoms with van der Waals surface area (Å²) in [5.41, 5.74) is -0.485. The van der Waals surface area contributed by atoms with E-state index in [0.29, 0.717) is 15.2 Å². The van der Waals surface area contributed by atoms with Crippen LogP contribution in [0.1, 0.15) is 22.3 Å². The summed E-state index contributed by atoms with van der Waals surface area (Å²) in [6.45, 7) is 1.77. The third kappa shape index (κ3) is 3.72. The molecule has 0 spiro atoms. The molecule has 0 radical (unpaired) electrons. The van der Waals surface area contributed by atoms with Crippen LogP contribution in [0.2, 0.25) is 0 Å². The lowest BCUT2D eigenvalue weighted by atomic mass is 10.1. The first-order chi connectivity index (χ1) is 11.7. The predicted molar refractivity (Wildman–Crippen MR) is 104 cm³/mol. The van der Waals surface area contributed by atoms with Crippen molar-refractivity contribution in [3.05, 3.63) is 50.9 Å². The molecule has 0 saturated carbocycles. The van der Waals surface area contributed by atoms with Crippen LogP contribution in [0.15, 0.2) is 45.3 Å². The highest BCUT2D eigenvalue weighted by atomic mass is 79.9. The molecule has 1 aliphatic rings. The number of rotatable bonds is 2. The fourth-order valence-electron chi connectivity index (χ4n) is 2.43. The molecule has 1 amide bonds. The van der Waals surface area contributed by atoms with Gasteiger partial charge in [-0.05, 0) is 35.0 Å². The van der Waals surface area contributed by atoms with E-state index in [9.17, 15) is 13.9 Å². The second-order valence-electron chi connectivity index (χ2n) is 5.78. The van der Waals surface area contributed by atoms with Crippen LogP contribution in [0.25, 0.3) is 0 Å². The maximum atomic E-state index is 12.4. The Balaban J connectivity index is 1.96. The highest BCUT2D eigenvalue weighted by Gasteiger charge is 2.43. The Morgan fingerprint density at radius 3 is 2.68 bits per heavy atom. The lowest BCUT2D eigenvalue weighted by Crippen LogP contribution is -2.51. The van der Waals surface area contributed by atoms with Gasteiger partial charge in [0.15, 0.2) is 0 Å². The third-order valence-electron chi connectivity index (χ3n) is 3.76. The van der Waals surface area contributed by atoms with Gasteiger partial charge in [-0.1, -0.05) is 18.2 Å². The van der Waals surface area contributed by atoms with Gasteiger partial charge in [0.1, 0.15) is 15.1 Å². The number of thiazole rings is 1. The molecule has 3 N–H and O–H groups in total. The average molecular weight is 445 g/mol. The van der Waals surface area contributed by atoms with Gasteiger partial charge in [0.2, 0.25) is 5.96 Å². The average Bonchev–Trinajstić information content (AvgIpc) is 3.00. The number of guanidine groups is 1. The van der Waals surface area contributed by atoms with Gasteiger partial charge in [0.05, 0.1) is 5.75 Å². The Morgan fingerprint density at radius 2 is 2.08 bits per heavy atom. The highest BCUT2D eigenvalue weighted by Crippen LogP contribution is 2.52. The van der Waals surface area contributed by atoms with Crippen LogP contribution < -0.4 is 5.32 Å². The van der Waals surface area contributed by atoms with Crippen LogP contribution in [-0.2, 0) is 5.54 Å². The highest BCUT2D eigenvalue weighted by molar-refractivity contribution is 9.10. The summed E-state index contributed by atoms with van der Waals surface area (Å²) in [5.74, 6) is -0.263. The van der Waals surface area contributed by atoms with Crippen molar-refractivity contribution < 1.29 is 13.9 Å². The topological polar surface area (TPSA) is 98.1 Å². The molecular weight excluding hydrogens is 428 g/mol. The summed E-state index contributed by atoms with van der Waals surface area (Å²) >= 11 is 4.67. The largest absolute Gasteiger partial charge is 0.291 e. The molecule has 2 heterocycles. The molecule has 3 rings (SSSR count). The van der Waals surface area contributed by atoms with E-state index in [0.717, 1.165) is 0 Å². The minimum Gasteiger partial charge on any atom is -0.291 e. The van der Waals surface area contributed by atoms with E-state index >= 15 is 0 Å². The van der Waals surface area contributed by atoms with Crippen LogP contribution in [0.5, 0.6) is 0 Å². The minimum atomic E-state index is -3.15. The van der Waals surface area contributed by atoms with Gasteiger partial charge in [0.25, 0.3) is 5.91 Å². The first kappa shape index (κ1) is 18.3. The van der Waals surface area contributed by atoms with Crippen molar-refractivity contribution in [3.63, 3.8) is 0 Å². The normalized spacial score (nSPS) is 23.7. The maximum Gasteiger partial charge on any atom is 0.257 e. The van der Waals surface area contributed by atoms with Crippen LogP contribution in [0.4, 0.5) is 0 Å². The van der Waals surface area contributed by atoms with E-state index in [1.165, 1.54) is 22.7 Å². The van der Waals surface area contributed by atoms with E-state index in [1.54, 1.807) is 31.2 Å². The number of halogens is 1. The second-order valence-corrected chi connectivity index (χ2v) is 9.55. The molecule has 0 bridgehead atoms. The van der Waals surface area contributed by atoms with E-state index in [4.69, 9.17) is 0 Å². The molecular formula is C15H17BrN4O3S2. The number of hydrogen-bond donors (Lipinski definition) is 3. The number of aromatic nitrogens is 1. The molecule has 1 aromatic carbocycles. The Morgan fingerprint density at radius 1 is 1.40 bits per heavy atom. The van der Waals surface area contributed by atoms with Gasteiger partial charge < -0.3 is 0 Å². The van der Waals surface area contributed by atoms with Crippen molar-refractivity contribution in [3.8, 4) is 0 Å². The van der Waals surface area contributed by atoms with E-state index in [-0.39, 0.29) is 17.6 Å². The van der Waals surface area contributed by atoms with Gasteiger partial charge in [-0.25, -0.2) is 14.3 Å².